The quantitative estimate of drug-likeness (QED) is 0.178. The normalized spacial score (nSPS) is 13.2. The van der Waals surface area contributed by atoms with E-state index in [1.54, 1.807) is 0 Å². The van der Waals surface area contributed by atoms with Gasteiger partial charge in [-0.15, -0.1) is 0 Å². The van der Waals surface area contributed by atoms with E-state index in [2.05, 4.69) is 203 Å². The minimum Gasteiger partial charge on any atom is -0.309 e. The monoisotopic (exact) mass is 801 g/mol. The average molecular weight is 802 g/mol. The van der Waals surface area contributed by atoms with Crippen molar-refractivity contribution in [2.75, 3.05) is 0 Å². The molecule has 0 bridgehead atoms. The summed E-state index contributed by atoms with van der Waals surface area (Å²) in [6, 6.07) is 76.6. The smallest absolute Gasteiger partial charge is 0.238 e. The van der Waals surface area contributed by atoms with Crippen molar-refractivity contribution in [1.29, 1.82) is 0 Å². The highest BCUT2D eigenvalue weighted by molar-refractivity contribution is 6.19. The number of para-hydroxylation sites is 3. The molecule has 12 aromatic rings. The first-order valence-electron chi connectivity index (χ1n) is 21.5. The first-order chi connectivity index (χ1) is 31.3. The molecule has 63 heavy (non-hydrogen) atoms. The second-order valence-corrected chi connectivity index (χ2v) is 16.7. The molecule has 5 heteroatoms. The summed E-state index contributed by atoms with van der Waals surface area (Å²) >= 11 is 0. The van der Waals surface area contributed by atoms with Gasteiger partial charge in [-0.25, -0.2) is 4.98 Å². The molecule has 0 saturated heterocycles. The topological polar surface area (TPSA) is 48.5 Å². The molecule has 292 valence electrons. The van der Waals surface area contributed by atoms with Crippen LogP contribution < -0.4 is 0 Å². The van der Waals surface area contributed by atoms with Gasteiger partial charge in [0.25, 0.3) is 0 Å². The standard InChI is InChI=1S/C58H35N5/c1-2-16-36(17-3-1)55-59-56(61-57(60-55)63-49-27-13-7-20-41(49)42-21-8-14-28-50(42)63)37-30-32-38(33-31-37)62-51-29-15-9-23-44(51)54-52(62)35-34-48-53(54)43-22-6-12-26-47(43)58(48)45-24-10-4-18-39(45)40-19-5-11-25-46(40)58/h1-35H. The molecule has 0 unspecified atom stereocenters. The predicted octanol–water partition coefficient (Wildman–Crippen LogP) is 13.7. The summed E-state index contributed by atoms with van der Waals surface area (Å²) in [7, 11) is 0. The fourth-order valence-electron chi connectivity index (χ4n) is 11.1. The third-order valence-corrected chi connectivity index (χ3v) is 13.6. The predicted molar refractivity (Wildman–Crippen MR) is 256 cm³/mol. The molecule has 0 atom stereocenters. The third-order valence-electron chi connectivity index (χ3n) is 13.6. The summed E-state index contributed by atoms with van der Waals surface area (Å²) in [5.41, 5.74) is 17.6. The lowest BCUT2D eigenvalue weighted by Gasteiger charge is -2.30. The lowest BCUT2D eigenvalue weighted by atomic mass is 9.70. The molecule has 9 aromatic carbocycles. The van der Waals surface area contributed by atoms with Gasteiger partial charge >= 0.3 is 0 Å². The maximum absolute atomic E-state index is 5.23. The van der Waals surface area contributed by atoms with Crippen molar-refractivity contribution in [2.24, 2.45) is 0 Å². The fraction of sp³-hybridized carbons (Fsp3) is 0.0172. The van der Waals surface area contributed by atoms with Crippen LogP contribution in [0.2, 0.25) is 0 Å². The second-order valence-electron chi connectivity index (χ2n) is 16.7. The van der Waals surface area contributed by atoms with E-state index in [9.17, 15) is 0 Å². The van der Waals surface area contributed by atoms with Crippen molar-refractivity contribution >= 4 is 43.6 Å². The zero-order chi connectivity index (χ0) is 41.2. The van der Waals surface area contributed by atoms with Gasteiger partial charge in [0.2, 0.25) is 5.95 Å². The number of rotatable bonds is 4. The van der Waals surface area contributed by atoms with Crippen molar-refractivity contribution < 1.29 is 0 Å². The van der Waals surface area contributed by atoms with Crippen LogP contribution in [0.3, 0.4) is 0 Å². The largest absolute Gasteiger partial charge is 0.309 e. The summed E-state index contributed by atoms with van der Waals surface area (Å²) in [5, 5.41) is 4.84. The zero-order valence-corrected chi connectivity index (χ0v) is 33.9. The molecule has 1 spiro atoms. The highest BCUT2D eigenvalue weighted by atomic mass is 15.2. The summed E-state index contributed by atoms with van der Waals surface area (Å²) < 4.78 is 4.59. The Bertz CT molecular complexity index is 3760. The van der Waals surface area contributed by atoms with Crippen molar-refractivity contribution in [2.45, 2.75) is 5.41 Å². The second kappa shape index (κ2) is 12.8. The minimum absolute atomic E-state index is 0.403. The number of hydrogen-bond acceptors (Lipinski definition) is 3. The zero-order valence-electron chi connectivity index (χ0n) is 33.9. The Labute approximate surface area is 362 Å². The van der Waals surface area contributed by atoms with E-state index in [0.29, 0.717) is 17.6 Å². The molecular weight excluding hydrogens is 767 g/mol. The van der Waals surface area contributed by atoms with Crippen LogP contribution in [0.5, 0.6) is 0 Å². The molecule has 5 nitrogen and oxygen atoms in total. The first kappa shape index (κ1) is 34.3. The molecule has 0 N–H and O–H groups in total. The van der Waals surface area contributed by atoms with Crippen LogP contribution in [0.25, 0.3) is 100 Å². The maximum atomic E-state index is 5.23. The third kappa shape index (κ3) is 4.57. The lowest BCUT2D eigenvalue weighted by molar-refractivity contribution is 0.794. The summed E-state index contributed by atoms with van der Waals surface area (Å²) in [6.45, 7) is 0. The van der Waals surface area contributed by atoms with Crippen LogP contribution >= 0.6 is 0 Å². The van der Waals surface area contributed by atoms with Gasteiger partial charge in [0.05, 0.1) is 27.5 Å². The van der Waals surface area contributed by atoms with Crippen LogP contribution in [0, 0.1) is 0 Å². The average Bonchev–Trinajstić information content (AvgIpc) is 4.06. The molecule has 2 aliphatic rings. The number of nitrogens with zero attached hydrogens (tertiary/aromatic N) is 5. The molecule has 3 aromatic heterocycles. The lowest BCUT2D eigenvalue weighted by Crippen LogP contribution is -2.25. The summed E-state index contributed by atoms with van der Waals surface area (Å²) in [4.78, 5) is 15.5. The van der Waals surface area contributed by atoms with Crippen LogP contribution in [-0.2, 0) is 5.41 Å². The molecular formula is C58H35N5. The van der Waals surface area contributed by atoms with Gasteiger partial charge < -0.3 is 4.57 Å². The summed E-state index contributed by atoms with van der Waals surface area (Å²) in [5.74, 6) is 1.83. The minimum atomic E-state index is -0.403. The van der Waals surface area contributed by atoms with Crippen LogP contribution in [0.1, 0.15) is 22.3 Å². The van der Waals surface area contributed by atoms with E-state index < -0.39 is 5.41 Å². The molecule has 0 fully saturated rings. The first-order valence-corrected chi connectivity index (χ1v) is 21.5. The Kier molecular flexibility index (Phi) is 6.97. The number of benzene rings is 9. The molecule has 14 rings (SSSR count). The maximum Gasteiger partial charge on any atom is 0.238 e. The number of aromatic nitrogens is 5. The SMILES string of the molecule is c1ccc(-c2nc(-c3ccc(-n4c5ccccc5c5c6c(ccc54)C4(c5ccccc5-c5ccccc54)c4ccccc4-6)cc3)nc(-n3c4ccccc4c4ccccc43)n2)cc1. The van der Waals surface area contributed by atoms with Crippen molar-refractivity contribution in [3.8, 4) is 56.7 Å². The van der Waals surface area contributed by atoms with E-state index in [1.165, 1.54) is 66.3 Å². The molecule has 0 radical (unpaired) electrons. The number of hydrogen-bond donors (Lipinski definition) is 0. The molecule has 2 aliphatic carbocycles. The van der Waals surface area contributed by atoms with E-state index in [1.807, 2.05) is 18.2 Å². The van der Waals surface area contributed by atoms with Gasteiger partial charge in [0.15, 0.2) is 11.6 Å². The van der Waals surface area contributed by atoms with Gasteiger partial charge in [-0.3, -0.25) is 4.57 Å². The molecule has 0 amide bonds. The van der Waals surface area contributed by atoms with E-state index >= 15 is 0 Å². The Morgan fingerprint density at radius 2 is 0.794 bits per heavy atom. The van der Waals surface area contributed by atoms with E-state index in [0.717, 1.165) is 38.6 Å². The van der Waals surface area contributed by atoms with E-state index in [4.69, 9.17) is 15.0 Å². The fourth-order valence-corrected chi connectivity index (χ4v) is 11.1. The van der Waals surface area contributed by atoms with Crippen molar-refractivity contribution in [3.63, 3.8) is 0 Å². The Morgan fingerprint density at radius 3 is 1.41 bits per heavy atom. The van der Waals surface area contributed by atoms with Gasteiger partial charge in [0.1, 0.15) is 0 Å². The van der Waals surface area contributed by atoms with Crippen LogP contribution in [0.4, 0.5) is 0 Å². The van der Waals surface area contributed by atoms with E-state index in [-0.39, 0.29) is 0 Å². The Morgan fingerprint density at radius 1 is 0.317 bits per heavy atom. The van der Waals surface area contributed by atoms with Gasteiger partial charge in [-0.2, -0.15) is 9.97 Å². The van der Waals surface area contributed by atoms with Gasteiger partial charge in [-0.05, 0) is 93.0 Å². The Balaban J connectivity index is 0.966. The highest BCUT2D eigenvalue weighted by Gasteiger charge is 2.52. The van der Waals surface area contributed by atoms with Gasteiger partial charge in [0, 0.05) is 38.4 Å². The molecule has 0 aliphatic heterocycles. The Hall–Kier alpha value is -8.41. The number of fused-ring (bicyclic) bond motifs is 17. The molecule has 0 saturated carbocycles. The molecule has 3 heterocycles. The highest BCUT2D eigenvalue weighted by Crippen LogP contribution is 2.64. The van der Waals surface area contributed by atoms with Crippen LogP contribution in [0.15, 0.2) is 212 Å². The van der Waals surface area contributed by atoms with Gasteiger partial charge in [-0.1, -0.05) is 164 Å². The van der Waals surface area contributed by atoms with Crippen LogP contribution in [-0.4, -0.2) is 24.1 Å². The summed E-state index contributed by atoms with van der Waals surface area (Å²) in [6.07, 6.45) is 0. The van der Waals surface area contributed by atoms with Crippen molar-refractivity contribution in [1.82, 2.24) is 24.1 Å². The van der Waals surface area contributed by atoms with Crippen molar-refractivity contribution in [3.05, 3.63) is 235 Å².